The normalized spacial score (nSPS) is 16.7. The second-order valence-electron chi connectivity index (χ2n) is 4.75. The number of halogens is 1. The van der Waals surface area contributed by atoms with Crippen LogP contribution in [-0.4, -0.2) is 19.5 Å². The van der Waals surface area contributed by atoms with Gasteiger partial charge in [-0.1, -0.05) is 12.8 Å². The molecule has 0 radical (unpaired) electrons. The van der Waals surface area contributed by atoms with E-state index in [0.29, 0.717) is 18.1 Å². The van der Waals surface area contributed by atoms with Crippen molar-refractivity contribution in [2.75, 3.05) is 0 Å². The maximum Gasteiger partial charge on any atom is 0.330 e. The fourth-order valence-electron chi connectivity index (χ4n) is 2.63. The molecule has 1 fully saturated rings. The van der Waals surface area contributed by atoms with E-state index in [0.717, 1.165) is 12.8 Å². The van der Waals surface area contributed by atoms with E-state index in [-0.39, 0.29) is 10.8 Å². The second-order valence-corrected chi connectivity index (χ2v) is 5.10. The third-order valence-electron chi connectivity index (χ3n) is 3.52. The van der Waals surface area contributed by atoms with Gasteiger partial charge in [0.05, 0.1) is 0 Å². The molecule has 0 atom stereocenters. The van der Waals surface area contributed by atoms with Gasteiger partial charge >= 0.3 is 5.69 Å². The van der Waals surface area contributed by atoms with Crippen molar-refractivity contribution < 1.29 is 0 Å². The van der Waals surface area contributed by atoms with Crippen molar-refractivity contribution in [3.05, 3.63) is 26.1 Å². The van der Waals surface area contributed by atoms with Crippen LogP contribution < -0.4 is 11.2 Å². The quantitative estimate of drug-likeness (QED) is 0.804. The zero-order chi connectivity index (χ0) is 12.7. The van der Waals surface area contributed by atoms with Crippen LogP contribution in [0.5, 0.6) is 0 Å². The molecule has 18 heavy (non-hydrogen) atoms. The van der Waals surface area contributed by atoms with Crippen LogP contribution in [0.25, 0.3) is 11.2 Å². The Kier molecular flexibility index (Phi) is 2.74. The molecule has 96 valence electrons. The number of hydrogen-bond donors (Lipinski definition) is 2. The van der Waals surface area contributed by atoms with Crippen molar-refractivity contribution in [2.45, 2.75) is 32.2 Å². The Morgan fingerprint density at radius 2 is 2.00 bits per heavy atom. The molecule has 0 saturated heterocycles. The van der Waals surface area contributed by atoms with Gasteiger partial charge in [0, 0.05) is 6.54 Å². The van der Waals surface area contributed by atoms with Crippen LogP contribution in [0.3, 0.4) is 0 Å². The molecule has 1 saturated carbocycles. The molecule has 2 aromatic rings. The SMILES string of the molecule is O=c1[nH]c(=O)n(CC2CCCC2)c2nc(Cl)[nH]c12. The van der Waals surface area contributed by atoms with E-state index >= 15 is 0 Å². The van der Waals surface area contributed by atoms with E-state index in [1.54, 1.807) is 0 Å². The molecule has 0 aromatic carbocycles. The van der Waals surface area contributed by atoms with Crippen LogP contribution in [0.2, 0.25) is 5.28 Å². The van der Waals surface area contributed by atoms with E-state index in [1.165, 1.54) is 17.4 Å². The Morgan fingerprint density at radius 1 is 1.28 bits per heavy atom. The highest BCUT2D eigenvalue weighted by molar-refractivity contribution is 6.28. The standard InChI is InChI=1S/C11H13ClN4O2/c12-10-13-7-8(14-10)16(11(18)15-9(7)17)5-6-3-1-2-4-6/h6H,1-5H2,(H,13,14)(H,15,17,18). The lowest BCUT2D eigenvalue weighted by atomic mass is 10.1. The number of aromatic amines is 2. The number of nitrogens with zero attached hydrogens (tertiary/aromatic N) is 2. The van der Waals surface area contributed by atoms with Gasteiger partial charge in [0.1, 0.15) is 0 Å². The molecule has 2 N–H and O–H groups in total. The van der Waals surface area contributed by atoms with Crippen molar-refractivity contribution in [3.8, 4) is 0 Å². The Bertz CT molecular complexity index is 693. The van der Waals surface area contributed by atoms with Crippen molar-refractivity contribution in [2.24, 2.45) is 5.92 Å². The fraction of sp³-hybridized carbons (Fsp3) is 0.545. The molecule has 0 amide bonds. The molecule has 0 unspecified atom stereocenters. The monoisotopic (exact) mass is 268 g/mol. The maximum absolute atomic E-state index is 11.9. The highest BCUT2D eigenvalue weighted by Gasteiger charge is 2.19. The highest BCUT2D eigenvalue weighted by Crippen LogP contribution is 2.26. The number of rotatable bonds is 2. The summed E-state index contributed by atoms with van der Waals surface area (Å²) in [5, 5.41) is 0.126. The van der Waals surface area contributed by atoms with Crippen LogP contribution in [0, 0.1) is 5.92 Å². The van der Waals surface area contributed by atoms with Gasteiger partial charge in [-0.2, -0.15) is 4.98 Å². The number of aromatic nitrogens is 4. The molecule has 1 aliphatic carbocycles. The van der Waals surface area contributed by atoms with Gasteiger partial charge in [-0.05, 0) is 30.4 Å². The minimum absolute atomic E-state index is 0.126. The average Bonchev–Trinajstić information content (AvgIpc) is 2.93. The molecule has 7 heteroatoms. The van der Waals surface area contributed by atoms with Crippen LogP contribution in [0.15, 0.2) is 9.59 Å². The number of hydrogen-bond acceptors (Lipinski definition) is 3. The molecular weight excluding hydrogens is 256 g/mol. The van der Waals surface area contributed by atoms with Crippen LogP contribution in [-0.2, 0) is 6.54 Å². The summed E-state index contributed by atoms with van der Waals surface area (Å²) in [5.74, 6) is 0.479. The van der Waals surface area contributed by atoms with Gasteiger partial charge in [-0.15, -0.1) is 0 Å². The Hall–Kier alpha value is -1.56. The van der Waals surface area contributed by atoms with Crippen LogP contribution in [0.1, 0.15) is 25.7 Å². The third-order valence-corrected chi connectivity index (χ3v) is 3.70. The minimum atomic E-state index is -0.475. The maximum atomic E-state index is 11.9. The van der Waals surface area contributed by atoms with E-state index < -0.39 is 11.2 Å². The summed E-state index contributed by atoms with van der Waals surface area (Å²) < 4.78 is 1.51. The summed E-state index contributed by atoms with van der Waals surface area (Å²) in [4.78, 5) is 32.5. The lowest BCUT2D eigenvalue weighted by Gasteiger charge is -2.11. The lowest BCUT2D eigenvalue weighted by molar-refractivity contribution is 0.451. The molecular formula is C11H13ClN4O2. The van der Waals surface area contributed by atoms with Gasteiger partial charge in [0.2, 0.25) is 5.28 Å². The van der Waals surface area contributed by atoms with Gasteiger partial charge in [0.25, 0.3) is 5.56 Å². The Morgan fingerprint density at radius 3 is 2.72 bits per heavy atom. The first-order valence-electron chi connectivity index (χ1n) is 6.03. The van der Waals surface area contributed by atoms with E-state index in [2.05, 4.69) is 15.0 Å². The second kappa shape index (κ2) is 4.28. The first kappa shape index (κ1) is 11.5. The summed E-state index contributed by atoms with van der Waals surface area (Å²) in [5.41, 5.74) is -0.280. The topological polar surface area (TPSA) is 83.5 Å². The first-order chi connectivity index (χ1) is 8.65. The summed E-state index contributed by atoms with van der Waals surface area (Å²) in [6, 6.07) is 0. The van der Waals surface area contributed by atoms with Crippen LogP contribution in [0.4, 0.5) is 0 Å². The minimum Gasteiger partial charge on any atom is -0.323 e. The predicted octanol–water partition coefficient (Wildman–Crippen LogP) is 1.26. The van der Waals surface area contributed by atoms with Gasteiger partial charge in [-0.3, -0.25) is 14.3 Å². The van der Waals surface area contributed by atoms with Crippen molar-refractivity contribution in [1.29, 1.82) is 0 Å². The zero-order valence-electron chi connectivity index (χ0n) is 9.70. The number of imidazole rings is 1. The molecule has 2 aromatic heterocycles. The van der Waals surface area contributed by atoms with Gasteiger partial charge in [-0.25, -0.2) is 4.79 Å². The number of H-pyrrole nitrogens is 2. The molecule has 2 heterocycles. The largest absolute Gasteiger partial charge is 0.330 e. The van der Waals surface area contributed by atoms with Gasteiger partial charge < -0.3 is 4.98 Å². The van der Waals surface area contributed by atoms with E-state index in [4.69, 9.17) is 11.6 Å². The average molecular weight is 269 g/mol. The van der Waals surface area contributed by atoms with Gasteiger partial charge in [0.15, 0.2) is 11.2 Å². The zero-order valence-corrected chi connectivity index (χ0v) is 10.5. The third kappa shape index (κ3) is 1.86. The number of fused-ring (bicyclic) bond motifs is 1. The van der Waals surface area contributed by atoms with E-state index in [9.17, 15) is 9.59 Å². The fourth-order valence-corrected chi connectivity index (χ4v) is 2.81. The molecule has 0 bridgehead atoms. The highest BCUT2D eigenvalue weighted by atomic mass is 35.5. The van der Waals surface area contributed by atoms with Crippen molar-refractivity contribution in [1.82, 2.24) is 19.5 Å². The summed E-state index contributed by atoms with van der Waals surface area (Å²) in [6.45, 7) is 0.591. The number of nitrogens with one attached hydrogen (secondary N) is 2. The van der Waals surface area contributed by atoms with Crippen LogP contribution >= 0.6 is 11.6 Å². The Labute approximate surface area is 107 Å². The summed E-state index contributed by atoms with van der Waals surface area (Å²) >= 11 is 5.76. The smallest absolute Gasteiger partial charge is 0.323 e. The molecule has 6 nitrogen and oxygen atoms in total. The van der Waals surface area contributed by atoms with E-state index in [1.807, 2.05) is 0 Å². The summed E-state index contributed by atoms with van der Waals surface area (Å²) in [6.07, 6.45) is 4.64. The van der Waals surface area contributed by atoms with Crippen molar-refractivity contribution in [3.63, 3.8) is 0 Å². The Balaban J connectivity index is 2.14. The lowest BCUT2D eigenvalue weighted by Crippen LogP contribution is -2.32. The van der Waals surface area contributed by atoms with Crippen molar-refractivity contribution >= 4 is 22.8 Å². The predicted molar refractivity (Wildman–Crippen MR) is 67.9 cm³/mol. The molecule has 0 aliphatic heterocycles. The molecule has 0 spiro atoms. The molecule has 3 rings (SSSR count). The molecule has 1 aliphatic rings. The first-order valence-corrected chi connectivity index (χ1v) is 6.41. The summed E-state index contributed by atoms with van der Waals surface area (Å²) in [7, 11) is 0.